The second-order valence-corrected chi connectivity index (χ2v) is 4.45. The van der Waals surface area contributed by atoms with E-state index >= 15 is 0 Å². The van der Waals surface area contributed by atoms with E-state index in [2.05, 4.69) is 10.1 Å². The molecule has 5 nitrogen and oxygen atoms in total. The van der Waals surface area contributed by atoms with Crippen molar-refractivity contribution in [2.24, 2.45) is 0 Å². The fraction of sp³-hybridized carbons (Fsp3) is 0.429. The number of hydrogen-bond donors (Lipinski definition) is 1. The van der Waals surface area contributed by atoms with Gasteiger partial charge in [0.25, 0.3) is 0 Å². The van der Waals surface area contributed by atoms with Crippen molar-refractivity contribution >= 4 is 11.9 Å². The Labute approximate surface area is 111 Å². The van der Waals surface area contributed by atoms with E-state index in [0.717, 1.165) is 5.56 Å². The molecule has 0 aromatic heterocycles. The van der Waals surface area contributed by atoms with E-state index in [4.69, 9.17) is 4.74 Å². The fourth-order valence-corrected chi connectivity index (χ4v) is 2.06. The summed E-state index contributed by atoms with van der Waals surface area (Å²) >= 11 is 0. The number of benzene rings is 1. The maximum absolute atomic E-state index is 11.8. The number of methoxy groups -OCH3 is 1. The van der Waals surface area contributed by atoms with Crippen LogP contribution in [0.5, 0.6) is 0 Å². The van der Waals surface area contributed by atoms with Crippen LogP contribution in [0.3, 0.4) is 0 Å². The van der Waals surface area contributed by atoms with E-state index in [1.807, 2.05) is 30.3 Å². The van der Waals surface area contributed by atoms with Crippen molar-refractivity contribution < 1.29 is 19.1 Å². The standard InChI is InChI=1S/C14H17NO4/c1-18-12(16)8-7-11-9-19-14(17)13(15-11)10-5-3-2-4-6-10/h2-6,11,13,15H,7-9H2,1H3/t11-,13+/m0/s1. The molecule has 1 fully saturated rings. The highest BCUT2D eigenvalue weighted by atomic mass is 16.5. The summed E-state index contributed by atoms with van der Waals surface area (Å²) in [6.07, 6.45) is 0.899. The second-order valence-electron chi connectivity index (χ2n) is 4.45. The molecule has 1 aliphatic rings. The average Bonchev–Trinajstić information content (AvgIpc) is 2.47. The third-order valence-electron chi connectivity index (χ3n) is 3.12. The summed E-state index contributed by atoms with van der Waals surface area (Å²) in [4.78, 5) is 22.9. The van der Waals surface area contributed by atoms with Crippen LogP contribution >= 0.6 is 0 Å². The zero-order chi connectivity index (χ0) is 13.7. The molecule has 2 atom stereocenters. The quantitative estimate of drug-likeness (QED) is 0.827. The van der Waals surface area contributed by atoms with Crippen molar-refractivity contribution in [1.82, 2.24) is 5.32 Å². The molecular weight excluding hydrogens is 246 g/mol. The largest absolute Gasteiger partial charge is 0.469 e. The molecule has 5 heteroatoms. The van der Waals surface area contributed by atoms with E-state index in [0.29, 0.717) is 19.4 Å². The molecular formula is C14H17NO4. The first kappa shape index (κ1) is 13.5. The topological polar surface area (TPSA) is 64.6 Å². The average molecular weight is 263 g/mol. The van der Waals surface area contributed by atoms with Crippen LogP contribution in [0.1, 0.15) is 24.4 Å². The van der Waals surface area contributed by atoms with Gasteiger partial charge in [-0.05, 0) is 12.0 Å². The van der Waals surface area contributed by atoms with Crippen LogP contribution in [0.15, 0.2) is 30.3 Å². The Hall–Kier alpha value is -1.88. The van der Waals surface area contributed by atoms with Crippen LogP contribution in [-0.4, -0.2) is 31.7 Å². The van der Waals surface area contributed by atoms with Crippen molar-refractivity contribution in [1.29, 1.82) is 0 Å². The molecule has 1 aromatic rings. The van der Waals surface area contributed by atoms with E-state index in [1.165, 1.54) is 7.11 Å². The third-order valence-corrected chi connectivity index (χ3v) is 3.12. The minimum atomic E-state index is -0.461. The minimum absolute atomic E-state index is 0.0259. The highest BCUT2D eigenvalue weighted by Crippen LogP contribution is 2.20. The van der Waals surface area contributed by atoms with E-state index < -0.39 is 6.04 Å². The molecule has 0 saturated carbocycles. The maximum Gasteiger partial charge on any atom is 0.327 e. The van der Waals surface area contributed by atoms with Crippen LogP contribution in [0, 0.1) is 0 Å². The lowest BCUT2D eigenvalue weighted by atomic mass is 10.0. The Morgan fingerprint density at radius 3 is 2.84 bits per heavy atom. The first-order chi connectivity index (χ1) is 9.20. The molecule has 1 heterocycles. The lowest BCUT2D eigenvalue weighted by Gasteiger charge is -2.30. The number of morpholine rings is 1. The first-order valence-electron chi connectivity index (χ1n) is 6.25. The molecule has 0 amide bonds. The molecule has 1 aromatic carbocycles. The highest BCUT2D eigenvalue weighted by molar-refractivity contribution is 5.78. The molecule has 0 bridgehead atoms. The minimum Gasteiger partial charge on any atom is -0.469 e. The molecule has 102 valence electrons. The Bertz CT molecular complexity index is 446. The lowest BCUT2D eigenvalue weighted by Crippen LogP contribution is -2.46. The fourth-order valence-electron chi connectivity index (χ4n) is 2.06. The molecule has 19 heavy (non-hydrogen) atoms. The normalized spacial score (nSPS) is 22.7. The van der Waals surface area contributed by atoms with E-state index in [1.54, 1.807) is 0 Å². The van der Waals surface area contributed by atoms with Gasteiger partial charge < -0.3 is 9.47 Å². The number of rotatable bonds is 4. The summed E-state index contributed by atoms with van der Waals surface area (Å²) in [7, 11) is 1.36. The Balaban J connectivity index is 1.97. The van der Waals surface area contributed by atoms with Crippen LogP contribution in [-0.2, 0) is 19.1 Å². The number of hydrogen-bond acceptors (Lipinski definition) is 5. The Morgan fingerprint density at radius 1 is 1.42 bits per heavy atom. The second kappa shape index (κ2) is 6.33. The van der Waals surface area contributed by atoms with Gasteiger partial charge in [0.15, 0.2) is 0 Å². The van der Waals surface area contributed by atoms with Crippen molar-refractivity contribution in [3.63, 3.8) is 0 Å². The Kier molecular flexibility index (Phi) is 4.52. The number of ether oxygens (including phenoxy) is 2. The van der Waals surface area contributed by atoms with Gasteiger partial charge in [-0.15, -0.1) is 0 Å². The van der Waals surface area contributed by atoms with Crippen molar-refractivity contribution in [2.75, 3.05) is 13.7 Å². The van der Waals surface area contributed by atoms with Gasteiger partial charge in [0.1, 0.15) is 12.6 Å². The van der Waals surface area contributed by atoms with Gasteiger partial charge in [0.2, 0.25) is 0 Å². The van der Waals surface area contributed by atoms with E-state index in [-0.39, 0.29) is 18.0 Å². The van der Waals surface area contributed by atoms with Crippen LogP contribution < -0.4 is 5.32 Å². The highest BCUT2D eigenvalue weighted by Gasteiger charge is 2.30. The summed E-state index contributed by atoms with van der Waals surface area (Å²) in [6, 6.07) is 8.92. The third kappa shape index (κ3) is 3.54. The van der Waals surface area contributed by atoms with Gasteiger partial charge in [0.05, 0.1) is 7.11 Å². The number of carbonyl (C=O) groups excluding carboxylic acids is 2. The monoisotopic (exact) mass is 263 g/mol. The lowest BCUT2D eigenvalue weighted by molar-refractivity contribution is -0.152. The first-order valence-corrected chi connectivity index (χ1v) is 6.25. The SMILES string of the molecule is COC(=O)CC[C@H]1COC(=O)[C@@H](c2ccccc2)N1. The number of carbonyl (C=O) groups is 2. The number of esters is 2. The molecule has 0 spiro atoms. The molecule has 0 aliphatic carbocycles. The Morgan fingerprint density at radius 2 is 2.16 bits per heavy atom. The van der Waals surface area contributed by atoms with Crippen LogP contribution in [0.25, 0.3) is 0 Å². The number of nitrogens with one attached hydrogen (secondary N) is 1. The van der Waals surface area contributed by atoms with Crippen molar-refractivity contribution in [3.05, 3.63) is 35.9 Å². The molecule has 1 saturated heterocycles. The van der Waals surface area contributed by atoms with Gasteiger partial charge >= 0.3 is 11.9 Å². The van der Waals surface area contributed by atoms with Gasteiger partial charge in [-0.25, -0.2) is 4.79 Å². The zero-order valence-corrected chi connectivity index (χ0v) is 10.8. The summed E-state index contributed by atoms with van der Waals surface area (Å²) < 4.78 is 9.77. The van der Waals surface area contributed by atoms with Gasteiger partial charge in [-0.2, -0.15) is 0 Å². The van der Waals surface area contributed by atoms with Gasteiger partial charge in [-0.1, -0.05) is 30.3 Å². The molecule has 2 rings (SSSR count). The van der Waals surface area contributed by atoms with Crippen molar-refractivity contribution in [3.8, 4) is 0 Å². The zero-order valence-electron chi connectivity index (χ0n) is 10.8. The maximum atomic E-state index is 11.8. The smallest absolute Gasteiger partial charge is 0.327 e. The van der Waals surface area contributed by atoms with Crippen LogP contribution in [0.2, 0.25) is 0 Å². The van der Waals surface area contributed by atoms with Crippen LogP contribution in [0.4, 0.5) is 0 Å². The molecule has 0 radical (unpaired) electrons. The summed E-state index contributed by atoms with van der Waals surface area (Å²) in [6.45, 7) is 0.291. The van der Waals surface area contributed by atoms with E-state index in [9.17, 15) is 9.59 Å². The summed E-state index contributed by atoms with van der Waals surface area (Å²) in [5.74, 6) is -0.532. The predicted octanol–water partition coefficient (Wildman–Crippen LogP) is 1.20. The predicted molar refractivity (Wildman–Crippen MR) is 68.3 cm³/mol. The molecule has 1 aliphatic heterocycles. The molecule has 0 unspecified atom stereocenters. The van der Waals surface area contributed by atoms with Gasteiger partial charge in [0, 0.05) is 12.5 Å². The van der Waals surface area contributed by atoms with Gasteiger partial charge in [-0.3, -0.25) is 10.1 Å². The number of cyclic esters (lactones) is 1. The summed E-state index contributed by atoms with van der Waals surface area (Å²) in [5, 5.41) is 3.22. The summed E-state index contributed by atoms with van der Waals surface area (Å²) in [5.41, 5.74) is 0.871. The van der Waals surface area contributed by atoms with Crippen molar-refractivity contribution in [2.45, 2.75) is 24.9 Å². The molecule has 1 N–H and O–H groups in total.